The number of fused-ring (bicyclic) bond motifs is 21. The van der Waals surface area contributed by atoms with E-state index in [4.69, 9.17) is 0 Å². The van der Waals surface area contributed by atoms with Crippen molar-refractivity contribution < 1.29 is 0 Å². The van der Waals surface area contributed by atoms with Crippen LogP contribution in [-0.2, 0) is 0 Å². The van der Waals surface area contributed by atoms with Crippen molar-refractivity contribution in [2.24, 2.45) is 0 Å². The molecule has 5 heterocycles. The molecule has 0 N–H and O–H groups in total. The van der Waals surface area contributed by atoms with Crippen LogP contribution in [0.5, 0.6) is 0 Å². The lowest BCUT2D eigenvalue weighted by atomic mass is 9.95. The molecule has 0 atom stereocenters. The van der Waals surface area contributed by atoms with Gasteiger partial charge in [0, 0.05) is 91.4 Å². The van der Waals surface area contributed by atoms with Gasteiger partial charge in [0.2, 0.25) is 0 Å². The van der Waals surface area contributed by atoms with E-state index in [9.17, 15) is 0 Å². The Kier molecular flexibility index (Phi) is 11.1. The van der Waals surface area contributed by atoms with Gasteiger partial charge in [-0.25, -0.2) is 0 Å². The molecular formula is C90H54N4S. The zero-order chi connectivity index (χ0) is 62.0. The molecule has 0 saturated carbocycles. The lowest BCUT2D eigenvalue weighted by Crippen LogP contribution is -1.95. The fourth-order valence-corrected chi connectivity index (χ4v) is 17.3. The summed E-state index contributed by atoms with van der Waals surface area (Å²) in [7, 11) is 0. The van der Waals surface area contributed by atoms with Gasteiger partial charge < -0.3 is 18.3 Å². The van der Waals surface area contributed by atoms with Crippen molar-refractivity contribution in [2.45, 2.75) is 0 Å². The molecular weight excluding hydrogens is 1170 g/mol. The summed E-state index contributed by atoms with van der Waals surface area (Å²) >= 11 is 1.87. The molecule has 16 aromatic carbocycles. The zero-order valence-corrected chi connectivity index (χ0v) is 52.2. The van der Waals surface area contributed by atoms with E-state index in [1.807, 2.05) is 11.3 Å². The first-order valence-electron chi connectivity index (χ1n) is 32.7. The van der Waals surface area contributed by atoms with E-state index >= 15 is 0 Å². The maximum absolute atomic E-state index is 2.51. The van der Waals surface area contributed by atoms with E-state index < -0.39 is 0 Å². The Bertz CT molecular complexity index is 6810. The molecule has 21 rings (SSSR count). The Morgan fingerprint density at radius 3 is 1.17 bits per heavy atom. The van der Waals surface area contributed by atoms with Crippen LogP contribution in [0, 0.1) is 0 Å². The molecule has 0 aliphatic rings. The third-order valence-corrected chi connectivity index (χ3v) is 21.6. The maximum Gasteiger partial charge on any atom is 0.0625 e. The van der Waals surface area contributed by atoms with Crippen LogP contribution in [0.1, 0.15) is 0 Å². The van der Waals surface area contributed by atoms with Crippen LogP contribution in [0.25, 0.3) is 196 Å². The first kappa shape index (κ1) is 52.4. The third-order valence-electron chi connectivity index (χ3n) is 20.5. The second kappa shape index (κ2) is 20.1. The first-order valence-corrected chi connectivity index (χ1v) is 33.5. The van der Waals surface area contributed by atoms with Crippen LogP contribution in [-0.4, -0.2) is 18.3 Å². The molecule has 0 aliphatic carbocycles. The Balaban J connectivity index is 0.643. The number of para-hydroxylation sites is 3. The molecule has 5 aromatic heterocycles. The van der Waals surface area contributed by atoms with Crippen LogP contribution in [0.2, 0.25) is 0 Å². The summed E-state index contributed by atoms with van der Waals surface area (Å²) in [5.41, 5.74) is 21.3. The molecule has 0 spiro atoms. The third kappa shape index (κ3) is 7.76. The van der Waals surface area contributed by atoms with E-state index in [1.165, 1.54) is 179 Å². The van der Waals surface area contributed by atoms with E-state index in [0.717, 1.165) is 17.1 Å². The number of rotatable bonds is 7. The van der Waals surface area contributed by atoms with Crippen molar-refractivity contribution in [2.75, 3.05) is 0 Å². The Hall–Kier alpha value is -12.3. The van der Waals surface area contributed by atoms with Gasteiger partial charge in [0.15, 0.2) is 0 Å². The summed E-state index contributed by atoms with van der Waals surface area (Å²) in [4.78, 5) is 0. The molecule has 95 heavy (non-hydrogen) atoms. The number of hydrogen-bond donors (Lipinski definition) is 0. The van der Waals surface area contributed by atoms with Crippen molar-refractivity contribution in [3.63, 3.8) is 0 Å². The van der Waals surface area contributed by atoms with E-state index in [0.29, 0.717) is 0 Å². The smallest absolute Gasteiger partial charge is 0.0625 e. The topological polar surface area (TPSA) is 19.7 Å². The normalized spacial score (nSPS) is 12.2. The van der Waals surface area contributed by atoms with Gasteiger partial charge in [0.1, 0.15) is 0 Å². The highest BCUT2D eigenvalue weighted by Crippen LogP contribution is 2.46. The summed E-state index contributed by atoms with van der Waals surface area (Å²) < 4.78 is 12.4. The van der Waals surface area contributed by atoms with Crippen molar-refractivity contribution >= 4 is 151 Å². The fraction of sp³-hybridized carbons (Fsp3) is 0. The largest absolute Gasteiger partial charge is 0.309 e. The van der Waals surface area contributed by atoms with Crippen LogP contribution >= 0.6 is 11.3 Å². The molecule has 0 unspecified atom stereocenters. The minimum Gasteiger partial charge on any atom is -0.309 e. The molecule has 0 saturated heterocycles. The molecule has 21 aromatic rings. The van der Waals surface area contributed by atoms with Gasteiger partial charge in [-0.05, 0) is 188 Å². The minimum atomic E-state index is 1.12. The van der Waals surface area contributed by atoms with Crippen LogP contribution in [0.3, 0.4) is 0 Å². The van der Waals surface area contributed by atoms with E-state index in [1.54, 1.807) is 0 Å². The minimum absolute atomic E-state index is 1.12. The quantitative estimate of drug-likeness (QED) is 0.142. The molecule has 0 bridgehead atoms. The van der Waals surface area contributed by atoms with E-state index in [-0.39, 0.29) is 0 Å². The predicted molar refractivity (Wildman–Crippen MR) is 406 cm³/mol. The summed E-state index contributed by atoms with van der Waals surface area (Å²) in [5, 5.41) is 20.1. The monoisotopic (exact) mass is 1220 g/mol. The number of thiophene rings is 1. The number of benzene rings is 16. The summed E-state index contributed by atoms with van der Waals surface area (Å²) in [6, 6.07) is 122. The molecule has 4 nitrogen and oxygen atoms in total. The van der Waals surface area contributed by atoms with Gasteiger partial charge in [-0.1, -0.05) is 200 Å². The standard InChI is InChI=1S/C90H54N4S/c1-2-18-63(19-3-1)92-84-46-36-61(51-77(84)78-48-57-16-4-5-17-58(57)53-86(78)92)62-37-47-85-79(52-62)89-73-25-8-6-20-67(73)68-21-7-9-26-74(68)90(89)94(85)65-40-32-56(33-41-65)55-30-38-64(39-31-55)91-80-27-13-10-22-69(80)75-49-59(34-44-82(75)91)60-35-45-83-76(50-60)70-23-11-14-28-81(70)93(83)66-42-43-72-71-24-12-15-29-87(71)95-88(72)54-66/h1-54H. The average molecular weight is 1220 g/mol. The Morgan fingerprint density at radius 2 is 0.558 bits per heavy atom. The van der Waals surface area contributed by atoms with Crippen molar-refractivity contribution in [3.05, 3.63) is 328 Å². The van der Waals surface area contributed by atoms with Crippen LogP contribution in [0.15, 0.2) is 328 Å². The highest BCUT2D eigenvalue weighted by Gasteiger charge is 2.23. The molecule has 5 heteroatoms. The number of nitrogens with zero attached hydrogens (tertiary/aromatic N) is 4. The molecule has 440 valence electrons. The van der Waals surface area contributed by atoms with E-state index in [2.05, 4.69) is 346 Å². The first-order chi connectivity index (χ1) is 47.1. The van der Waals surface area contributed by atoms with Gasteiger partial charge in [0.25, 0.3) is 0 Å². The van der Waals surface area contributed by atoms with Crippen molar-refractivity contribution in [3.8, 4) is 56.1 Å². The Labute approximate surface area is 549 Å². The second-order valence-corrected chi connectivity index (χ2v) is 26.6. The van der Waals surface area contributed by atoms with Crippen molar-refractivity contribution in [1.82, 2.24) is 18.3 Å². The van der Waals surface area contributed by atoms with Gasteiger partial charge in [-0.2, -0.15) is 0 Å². The summed E-state index contributed by atoms with van der Waals surface area (Å²) in [5.74, 6) is 0. The van der Waals surface area contributed by atoms with Crippen LogP contribution < -0.4 is 0 Å². The summed E-state index contributed by atoms with van der Waals surface area (Å²) in [6.45, 7) is 0. The lowest BCUT2D eigenvalue weighted by Gasteiger charge is -2.13. The maximum atomic E-state index is 2.51. The van der Waals surface area contributed by atoms with Gasteiger partial charge in [0.05, 0.1) is 44.1 Å². The number of hydrogen-bond acceptors (Lipinski definition) is 1. The molecule has 0 fully saturated rings. The lowest BCUT2D eigenvalue weighted by molar-refractivity contribution is 1.18. The molecule has 0 amide bonds. The summed E-state index contributed by atoms with van der Waals surface area (Å²) in [6.07, 6.45) is 0. The number of aromatic nitrogens is 4. The van der Waals surface area contributed by atoms with Gasteiger partial charge >= 0.3 is 0 Å². The molecule has 0 radical (unpaired) electrons. The Morgan fingerprint density at radius 1 is 0.179 bits per heavy atom. The average Bonchev–Trinajstić information content (AvgIpc) is 1.58. The van der Waals surface area contributed by atoms with Gasteiger partial charge in [-0.3, -0.25) is 0 Å². The second-order valence-electron chi connectivity index (χ2n) is 25.5. The van der Waals surface area contributed by atoms with Gasteiger partial charge in [-0.15, -0.1) is 11.3 Å². The highest BCUT2D eigenvalue weighted by molar-refractivity contribution is 7.25. The molecule has 0 aliphatic heterocycles. The van der Waals surface area contributed by atoms with Crippen LogP contribution in [0.4, 0.5) is 0 Å². The SMILES string of the molecule is c1ccc(-n2c3ccc(-c4ccc5c(c4)c4c6ccccc6c6ccccc6c4n5-c4ccc(-c5ccc(-n6c7ccccc7c7cc(-c8ccc9c(c8)c8ccccc8n9-c8ccc9c(c8)sc8ccccc89)ccc76)cc5)cc4)cc3c3cc4ccccc4cc32)cc1. The van der Waals surface area contributed by atoms with Crippen molar-refractivity contribution in [1.29, 1.82) is 0 Å². The highest BCUT2D eigenvalue weighted by atomic mass is 32.1. The fourth-order valence-electron chi connectivity index (χ4n) is 16.2. The zero-order valence-electron chi connectivity index (χ0n) is 51.4. The predicted octanol–water partition coefficient (Wildman–Crippen LogP) is 24.9.